The van der Waals surface area contributed by atoms with E-state index in [1.807, 2.05) is 19.9 Å². The maximum Gasteiger partial charge on any atom is 0.228 e. The number of nitrogens with zero attached hydrogens (tertiary/aromatic N) is 4. The lowest BCUT2D eigenvalue weighted by Crippen LogP contribution is -2.32. The Hall–Kier alpha value is -2.58. The third kappa shape index (κ3) is 4.70. The molecule has 0 amide bonds. The molecule has 3 aromatic rings. The summed E-state index contributed by atoms with van der Waals surface area (Å²) in [5.74, 6) is 0.962. The quantitative estimate of drug-likeness (QED) is 0.403. The van der Waals surface area contributed by atoms with Crippen LogP contribution in [0.3, 0.4) is 0 Å². The molecule has 31 heavy (non-hydrogen) atoms. The first-order valence-electron chi connectivity index (χ1n) is 10.6. The number of anilines is 3. The van der Waals surface area contributed by atoms with E-state index < -0.39 is 0 Å². The van der Waals surface area contributed by atoms with Crippen molar-refractivity contribution < 1.29 is 5.11 Å². The van der Waals surface area contributed by atoms with Crippen molar-refractivity contribution in [1.29, 1.82) is 0 Å². The Morgan fingerprint density at radius 1 is 1.23 bits per heavy atom. The molecule has 0 saturated carbocycles. The number of aliphatic hydroxyl groups excluding tert-OH is 1. The number of hydrogen-bond donors (Lipinski definition) is 4. The third-order valence-corrected chi connectivity index (χ3v) is 5.59. The third-order valence-electron chi connectivity index (χ3n) is 5.25. The standard InChI is InChI=1S/C22H32ClN7O/c1-11(2)17(10-31)26-22-27-21(25-14-7-8-15(23)16(24)9-14)19-20(30(22)13(5)6)18(12(3)4)28-29-19/h7-9,11-13,17,31H,10,24H2,1-6H3,(H,28,29)(H,25,26,27). The summed E-state index contributed by atoms with van der Waals surface area (Å²) in [5.41, 5.74) is 10.4. The summed E-state index contributed by atoms with van der Waals surface area (Å²) >= 11 is 6.07. The maximum absolute atomic E-state index is 9.87. The first kappa shape index (κ1) is 23.1. The molecule has 168 valence electrons. The average molecular weight is 446 g/mol. The summed E-state index contributed by atoms with van der Waals surface area (Å²) in [6.45, 7) is 12.4. The highest BCUT2D eigenvalue weighted by Crippen LogP contribution is 2.30. The van der Waals surface area contributed by atoms with Crippen molar-refractivity contribution in [3.63, 3.8) is 0 Å². The van der Waals surface area contributed by atoms with Crippen LogP contribution in [0.1, 0.15) is 59.2 Å². The lowest BCUT2D eigenvalue weighted by atomic mass is 10.1. The van der Waals surface area contributed by atoms with Gasteiger partial charge in [-0.15, -0.1) is 0 Å². The fourth-order valence-electron chi connectivity index (χ4n) is 3.44. The summed E-state index contributed by atoms with van der Waals surface area (Å²) < 4.78 is 2.08. The molecular weight excluding hydrogens is 414 g/mol. The van der Waals surface area contributed by atoms with E-state index in [9.17, 15) is 5.11 Å². The van der Waals surface area contributed by atoms with Gasteiger partial charge in [-0.1, -0.05) is 39.3 Å². The minimum Gasteiger partial charge on any atom is -0.397 e. The maximum atomic E-state index is 9.87. The van der Waals surface area contributed by atoms with Gasteiger partial charge in [0, 0.05) is 11.7 Å². The molecule has 1 aromatic carbocycles. The van der Waals surface area contributed by atoms with Crippen molar-refractivity contribution >= 4 is 39.8 Å². The number of halogens is 1. The van der Waals surface area contributed by atoms with Crippen molar-refractivity contribution in [3.05, 3.63) is 34.5 Å². The van der Waals surface area contributed by atoms with Gasteiger partial charge < -0.3 is 20.7 Å². The van der Waals surface area contributed by atoms with Gasteiger partial charge in [-0.05, 0) is 43.9 Å². The van der Waals surface area contributed by atoms with Crippen LogP contribution in [0, 0.1) is 5.92 Å². The van der Waals surface area contributed by atoms with Gasteiger partial charge in [-0.25, -0.2) is 4.99 Å². The minimum absolute atomic E-state index is 0.0472. The molecule has 0 aliphatic rings. The van der Waals surface area contributed by atoms with Gasteiger partial charge in [0.15, 0.2) is 11.3 Å². The number of fused-ring (bicyclic) bond motifs is 1. The molecule has 2 aromatic heterocycles. The molecule has 9 heteroatoms. The van der Waals surface area contributed by atoms with Crippen molar-refractivity contribution in [1.82, 2.24) is 19.7 Å². The lowest BCUT2D eigenvalue weighted by Gasteiger charge is -2.19. The summed E-state index contributed by atoms with van der Waals surface area (Å²) in [6, 6.07) is 5.17. The molecule has 1 unspecified atom stereocenters. The second kappa shape index (κ2) is 9.28. The van der Waals surface area contributed by atoms with Gasteiger partial charge in [0.1, 0.15) is 0 Å². The van der Waals surface area contributed by atoms with Crippen LogP contribution in [-0.4, -0.2) is 37.5 Å². The first-order valence-corrected chi connectivity index (χ1v) is 11.0. The molecule has 2 heterocycles. The number of hydrogen-bond acceptors (Lipinski definition) is 6. The zero-order valence-corrected chi connectivity index (χ0v) is 19.7. The number of H-pyrrole nitrogens is 1. The fourth-order valence-corrected chi connectivity index (χ4v) is 3.56. The Bertz CT molecular complexity index is 1130. The highest BCUT2D eigenvalue weighted by Gasteiger charge is 2.21. The predicted octanol–water partition coefficient (Wildman–Crippen LogP) is 4.36. The van der Waals surface area contributed by atoms with Crippen LogP contribution in [0.2, 0.25) is 5.02 Å². The van der Waals surface area contributed by atoms with Crippen LogP contribution in [0.25, 0.3) is 11.0 Å². The molecule has 0 bridgehead atoms. The Morgan fingerprint density at radius 3 is 2.48 bits per heavy atom. The van der Waals surface area contributed by atoms with Crippen LogP contribution in [0.5, 0.6) is 0 Å². The van der Waals surface area contributed by atoms with E-state index in [0.29, 0.717) is 22.1 Å². The molecule has 8 nitrogen and oxygen atoms in total. The molecule has 1 atom stereocenters. The van der Waals surface area contributed by atoms with E-state index in [4.69, 9.17) is 27.3 Å². The van der Waals surface area contributed by atoms with Gasteiger partial charge in [0.25, 0.3) is 0 Å². The smallest absolute Gasteiger partial charge is 0.228 e. The van der Waals surface area contributed by atoms with E-state index >= 15 is 0 Å². The summed E-state index contributed by atoms with van der Waals surface area (Å²) in [7, 11) is 0. The Labute approximate surface area is 187 Å². The molecule has 0 aliphatic heterocycles. The SMILES string of the molecule is CC(C)c1[nH]nc2c(Nc3ccc(Cl)c(N)c3)nc(=NC(CO)C(C)C)n(C(C)C)c12. The van der Waals surface area contributed by atoms with Crippen LogP contribution >= 0.6 is 11.6 Å². The number of rotatable bonds is 7. The monoisotopic (exact) mass is 445 g/mol. The van der Waals surface area contributed by atoms with Crippen molar-refractivity contribution in [2.45, 2.75) is 59.5 Å². The molecule has 0 fully saturated rings. The molecule has 0 saturated heterocycles. The summed E-state index contributed by atoms with van der Waals surface area (Å²) in [6.07, 6.45) is 0. The van der Waals surface area contributed by atoms with Crippen LogP contribution in [0.15, 0.2) is 23.2 Å². The largest absolute Gasteiger partial charge is 0.397 e. The second-order valence-corrected chi connectivity index (χ2v) is 9.10. The predicted molar refractivity (Wildman–Crippen MR) is 127 cm³/mol. The number of nitrogens with one attached hydrogen (secondary N) is 2. The number of nitrogen functional groups attached to an aromatic ring is 1. The Balaban J connectivity index is 2.33. The molecule has 0 aliphatic carbocycles. The first-order chi connectivity index (χ1) is 14.6. The summed E-state index contributed by atoms with van der Waals surface area (Å²) in [5, 5.41) is 21.5. The average Bonchev–Trinajstić information content (AvgIpc) is 3.13. The van der Waals surface area contributed by atoms with E-state index in [0.717, 1.165) is 22.4 Å². The number of nitrogens with two attached hydrogens (primary N) is 1. The van der Waals surface area contributed by atoms with Crippen LogP contribution in [-0.2, 0) is 0 Å². The van der Waals surface area contributed by atoms with Gasteiger partial charge in [-0.3, -0.25) is 5.10 Å². The fraction of sp³-hybridized carbons (Fsp3) is 0.500. The number of aromatic nitrogens is 4. The zero-order valence-electron chi connectivity index (χ0n) is 18.9. The van der Waals surface area contributed by atoms with Gasteiger partial charge >= 0.3 is 0 Å². The second-order valence-electron chi connectivity index (χ2n) is 8.70. The lowest BCUT2D eigenvalue weighted by molar-refractivity contribution is 0.235. The molecule has 5 N–H and O–H groups in total. The normalized spacial score (nSPS) is 13.7. The van der Waals surface area contributed by atoms with Gasteiger partial charge in [-0.2, -0.15) is 10.1 Å². The molecular formula is C22H32ClN7O. The number of aromatic amines is 1. The Kier molecular flexibility index (Phi) is 6.91. The Morgan fingerprint density at radius 2 is 1.94 bits per heavy atom. The van der Waals surface area contributed by atoms with Crippen LogP contribution in [0.4, 0.5) is 17.2 Å². The van der Waals surface area contributed by atoms with Gasteiger partial charge in [0.05, 0.1) is 34.6 Å². The zero-order chi connectivity index (χ0) is 22.9. The summed E-state index contributed by atoms with van der Waals surface area (Å²) in [4.78, 5) is 9.67. The van der Waals surface area contributed by atoms with Crippen LogP contribution < -0.4 is 16.7 Å². The molecule has 0 spiro atoms. The topological polar surface area (TPSA) is 117 Å². The van der Waals surface area contributed by atoms with E-state index in [-0.39, 0.29) is 30.5 Å². The molecule has 0 radical (unpaired) electrons. The van der Waals surface area contributed by atoms with E-state index in [1.54, 1.807) is 12.1 Å². The highest BCUT2D eigenvalue weighted by molar-refractivity contribution is 6.33. The van der Waals surface area contributed by atoms with E-state index in [2.05, 4.69) is 47.8 Å². The van der Waals surface area contributed by atoms with E-state index in [1.165, 1.54) is 0 Å². The highest BCUT2D eigenvalue weighted by atomic mass is 35.5. The van der Waals surface area contributed by atoms with Crippen molar-refractivity contribution in [2.75, 3.05) is 17.7 Å². The molecule has 3 rings (SSSR count). The number of aliphatic hydroxyl groups is 1. The van der Waals surface area contributed by atoms with Crippen molar-refractivity contribution in [2.24, 2.45) is 10.9 Å². The minimum atomic E-state index is -0.261. The van der Waals surface area contributed by atoms with Crippen molar-refractivity contribution in [3.8, 4) is 0 Å². The van der Waals surface area contributed by atoms with Gasteiger partial charge in [0.2, 0.25) is 5.62 Å². The number of benzene rings is 1.